The van der Waals surface area contributed by atoms with E-state index < -0.39 is 23.3 Å². The van der Waals surface area contributed by atoms with Crippen LogP contribution in [-0.2, 0) is 19.1 Å². The van der Waals surface area contributed by atoms with Gasteiger partial charge in [0.05, 0.1) is 13.7 Å². The van der Waals surface area contributed by atoms with Gasteiger partial charge < -0.3 is 14.8 Å². The van der Waals surface area contributed by atoms with Gasteiger partial charge in [0, 0.05) is 19.0 Å². The number of nitrogens with zero attached hydrogens (tertiary/aromatic N) is 1. The van der Waals surface area contributed by atoms with Gasteiger partial charge in [-0.05, 0) is 31.2 Å². The van der Waals surface area contributed by atoms with Crippen molar-refractivity contribution >= 4 is 17.8 Å². The molecule has 1 aromatic rings. The summed E-state index contributed by atoms with van der Waals surface area (Å²) < 4.78 is 10.5. The van der Waals surface area contributed by atoms with Crippen molar-refractivity contribution in [2.75, 3.05) is 20.8 Å². The number of esters is 1. The molecule has 3 rings (SSSR count). The molecule has 4 atom stereocenters. The van der Waals surface area contributed by atoms with Gasteiger partial charge in [0.1, 0.15) is 23.6 Å². The van der Waals surface area contributed by atoms with Gasteiger partial charge in [-0.2, -0.15) is 0 Å². The molecule has 2 fully saturated rings. The zero-order chi connectivity index (χ0) is 19.1. The number of nitrogens with two attached hydrogens (primary N) is 1. The first-order chi connectivity index (χ1) is 12.4. The van der Waals surface area contributed by atoms with Crippen LogP contribution >= 0.6 is 0 Å². The van der Waals surface area contributed by atoms with Gasteiger partial charge >= 0.3 is 5.97 Å². The quantitative estimate of drug-likeness (QED) is 0.600. The zero-order valence-electron chi connectivity index (χ0n) is 15.5. The van der Waals surface area contributed by atoms with Gasteiger partial charge in [-0.25, -0.2) is 4.79 Å². The third kappa shape index (κ3) is 2.49. The Balaban J connectivity index is 2.07. The van der Waals surface area contributed by atoms with E-state index in [0.29, 0.717) is 12.2 Å². The molecule has 2 N–H and O–H groups in total. The van der Waals surface area contributed by atoms with E-state index in [0.717, 1.165) is 10.5 Å². The van der Waals surface area contributed by atoms with Crippen molar-refractivity contribution < 1.29 is 29.2 Å². The van der Waals surface area contributed by atoms with E-state index in [1.807, 2.05) is 36.5 Å². The Bertz CT molecular complexity index is 732. The number of rotatable bonds is 5. The number of carbonyl (C=O) groups excluding carboxylic acids is 3. The Morgan fingerprint density at radius 2 is 1.85 bits per heavy atom. The lowest BCUT2D eigenvalue weighted by Gasteiger charge is -2.28. The molecule has 0 unspecified atom stereocenters. The van der Waals surface area contributed by atoms with Gasteiger partial charge in [-0.15, -0.1) is 0 Å². The Hall–Kier alpha value is -2.41. The lowest BCUT2D eigenvalue weighted by atomic mass is 9.78. The summed E-state index contributed by atoms with van der Waals surface area (Å²) in [7, 11) is 3.07. The molecular formula is C19H25N2O5+. The van der Waals surface area contributed by atoms with E-state index in [-0.39, 0.29) is 24.5 Å². The summed E-state index contributed by atoms with van der Waals surface area (Å²) in [6.07, 6.45) is 0.409. The highest BCUT2D eigenvalue weighted by molar-refractivity contribution is 6.08. The number of imide groups is 1. The lowest BCUT2D eigenvalue weighted by Crippen LogP contribution is -2.98. The Morgan fingerprint density at radius 1 is 1.19 bits per heavy atom. The molecule has 140 valence electrons. The number of hydrogen-bond donors (Lipinski definition) is 1. The van der Waals surface area contributed by atoms with Crippen LogP contribution < -0.4 is 10.1 Å². The summed E-state index contributed by atoms with van der Waals surface area (Å²) in [5.41, 5.74) is -0.195. The smallest absolute Gasteiger partial charge is 0.368 e. The van der Waals surface area contributed by atoms with Crippen molar-refractivity contribution in [3.63, 3.8) is 0 Å². The highest BCUT2D eigenvalue weighted by Crippen LogP contribution is 2.45. The highest BCUT2D eigenvalue weighted by Gasteiger charge is 2.71. The molecule has 2 saturated heterocycles. The zero-order valence-corrected chi connectivity index (χ0v) is 15.5. The molecule has 7 nitrogen and oxygen atoms in total. The molecule has 7 heteroatoms. The van der Waals surface area contributed by atoms with E-state index in [4.69, 9.17) is 9.47 Å². The third-order valence-corrected chi connectivity index (χ3v) is 5.73. The van der Waals surface area contributed by atoms with Crippen molar-refractivity contribution in [2.24, 2.45) is 11.8 Å². The fourth-order valence-corrected chi connectivity index (χ4v) is 4.34. The van der Waals surface area contributed by atoms with Crippen molar-refractivity contribution in [2.45, 2.75) is 31.8 Å². The van der Waals surface area contributed by atoms with E-state index in [9.17, 15) is 14.4 Å². The van der Waals surface area contributed by atoms with Gasteiger partial charge in [0.25, 0.3) is 0 Å². The number of ether oxygens (including phenoxy) is 2. The molecule has 0 spiro atoms. The van der Waals surface area contributed by atoms with E-state index in [1.165, 1.54) is 7.05 Å². The highest BCUT2D eigenvalue weighted by atomic mass is 16.5. The first kappa shape index (κ1) is 18.4. The second-order valence-corrected chi connectivity index (χ2v) is 6.82. The summed E-state index contributed by atoms with van der Waals surface area (Å²) in [5.74, 6) is -1.55. The van der Waals surface area contributed by atoms with Crippen LogP contribution in [0.1, 0.15) is 31.9 Å². The molecule has 0 aromatic heterocycles. The standard InChI is InChI=1S/C19H24N2O5/c1-5-19(18(24)26-6-2)14-13(16(22)21(3)17(14)23)15(20-19)11-7-9-12(25-4)10-8-11/h7-10,13-15,20H,5-6H2,1-4H3/p+1/t13-,14-,15-,19-/m0/s1. The average Bonchev–Trinajstić information content (AvgIpc) is 3.12. The van der Waals surface area contributed by atoms with Crippen LogP contribution in [-0.4, -0.2) is 49.0 Å². The largest absolute Gasteiger partial charge is 0.497 e. The van der Waals surface area contributed by atoms with Crippen molar-refractivity contribution in [1.29, 1.82) is 0 Å². The van der Waals surface area contributed by atoms with Crippen LogP contribution in [0, 0.1) is 11.8 Å². The van der Waals surface area contributed by atoms with E-state index in [2.05, 4.69) is 0 Å². The fourth-order valence-electron chi connectivity index (χ4n) is 4.34. The van der Waals surface area contributed by atoms with Crippen molar-refractivity contribution in [3.8, 4) is 5.75 Å². The lowest BCUT2D eigenvalue weighted by molar-refractivity contribution is -0.734. The maximum absolute atomic E-state index is 12.8. The molecule has 2 aliphatic heterocycles. The number of fused-ring (bicyclic) bond motifs is 1. The Kier molecular flexibility index (Phi) is 4.75. The van der Waals surface area contributed by atoms with Crippen LogP contribution in [0.5, 0.6) is 5.75 Å². The number of benzene rings is 1. The Labute approximate surface area is 152 Å². The third-order valence-electron chi connectivity index (χ3n) is 5.73. The topological polar surface area (TPSA) is 89.5 Å². The summed E-state index contributed by atoms with van der Waals surface area (Å²) >= 11 is 0. The van der Waals surface area contributed by atoms with Crippen molar-refractivity contribution in [3.05, 3.63) is 29.8 Å². The van der Waals surface area contributed by atoms with Crippen LogP contribution in [0.15, 0.2) is 24.3 Å². The predicted octanol–water partition coefficient (Wildman–Crippen LogP) is 0.256. The predicted molar refractivity (Wildman–Crippen MR) is 92.1 cm³/mol. The first-order valence-corrected chi connectivity index (χ1v) is 8.89. The Morgan fingerprint density at radius 3 is 2.38 bits per heavy atom. The summed E-state index contributed by atoms with van der Waals surface area (Å²) in [5, 5.41) is 1.87. The van der Waals surface area contributed by atoms with Crippen LogP contribution in [0.3, 0.4) is 0 Å². The molecule has 2 heterocycles. The minimum absolute atomic E-state index is 0.233. The number of methoxy groups -OCH3 is 1. The van der Waals surface area contributed by atoms with Crippen LogP contribution in [0.25, 0.3) is 0 Å². The van der Waals surface area contributed by atoms with Gasteiger partial charge in [-0.1, -0.05) is 6.92 Å². The maximum atomic E-state index is 12.8. The molecule has 1 aromatic carbocycles. The summed E-state index contributed by atoms with van der Waals surface area (Å²) in [6, 6.07) is 7.07. The summed E-state index contributed by atoms with van der Waals surface area (Å²) in [4.78, 5) is 39.6. The second-order valence-electron chi connectivity index (χ2n) is 6.82. The van der Waals surface area contributed by atoms with Gasteiger partial charge in [0.15, 0.2) is 0 Å². The molecule has 0 radical (unpaired) electrons. The van der Waals surface area contributed by atoms with Crippen LogP contribution in [0.4, 0.5) is 0 Å². The average molecular weight is 361 g/mol. The van der Waals surface area contributed by atoms with Gasteiger partial charge in [0.2, 0.25) is 17.4 Å². The SMILES string of the molecule is CCOC(=O)[C@@]1(CC)[NH2+][C@@H](c2ccc(OC)cc2)[C@H]2C(=O)N(C)C(=O)[C@H]21. The first-order valence-electron chi connectivity index (χ1n) is 8.89. The minimum atomic E-state index is -1.08. The maximum Gasteiger partial charge on any atom is 0.368 e. The number of quaternary nitrogens is 1. The molecule has 0 aliphatic carbocycles. The van der Waals surface area contributed by atoms with Crippen LogP contribution in [0.2, 0.25) is 0 Å². The minimum Gasteiger partial charge on any atom is -0.497 e. The number of hydrogen-bond acceptors (Lipinski definition) is 5. The number of likely N-dealkylation sites (tertiary alicyclic amines) is 1. The summed E-state index contributed by atoms with van der Waals surface area (Å²) in [6.45, 7) is 3.83. The van der Waals surface area contributed by atoms with Gasteiger partial charge in [-0.3, -0.25) is 14.5 Å². The number of amides is 2. The number of carbonyl (C=O) groups is 3. The molecular weight excluding hydrogens is 336 g/mol. The normalized spacial score (nSPS) is 30.5. The second kappa shape index (κ2) is 6.72. The van der Waals surface area contributed by atoms with Crippen molar-refractivity contribution in [1.82, 2.24) is 4.90 Å². The monoisotopic (exact) mass is 361 g/mol. The van der Waals surface area contributed by atoms with E-state index >= 15 is 0 Å². The molecule has 2 aliphatic rings. The molecule has 0 bridgehead atoms. The molecule has 26 heavy (non-hydrogen) atoms. The fraction of sp³-hybridized carbons (Fsp3) is 0.526. The molecule has 2 amide bonds. The molecule has 0 saturated carbocycles. The van der Waals surface area contributed by atoms with E-state index in [1.54, 1.807) is 14.0 Å².